The highest BCUT2D eigenvalue weighted by molar-refractivity contribution is 8.04. The van der Waals surface area contributed by atoms with Crippen LogP contribution in [0.5, 0.6) is 0 Å². The molecule has 0 fully saturated rings. The van der Waals surface area contributed by atoms with Gasteiger partial charge in [-0.25, -0.2) is 17.2 Å². The van der Waals surface area contributed by atoms with Gasteiger partial charge in [0.15, 0.2) is 9.84 Å². The molecule has 176 valence electrons. The molecular formula is C23H15F2N5O3S2. The maximum Gasteiger partial charge on any atom is 0.262 e. The highest BCUT2D eigenvalue weighted by Crippen LogP contribution is 2.40. The van der Waals surface area contributed by atoms with Crippen molar-refractivity contribution in [3.05, 3.63) is 88.3 Å². The van der Waals surface area contributed by atoms with E-state index in [0.717, 1.165) is 35.0 Å². The summed E-state index contributed by atoms with van der Waals surface area (Å²) in [5.74, 6) is -2.58. The molecule has 0 saturated carbocycles. The summed E-state index contributed by atoms with van der Waals surface area (Å²) in [5.41, 5.74) is 1.40. The summed E-state index contributed by atoms with van der Waals surface area (Å²) in [6, 6.07) is 14.5. The Morgan fingerprint density at radius 2 is 1.74 bits per heavy atom. The molecule has 0 atom stereocenters. The monoisotopic (exact) mass is 511 g/mol. The minimum atomic E-state index is -4.05. The molecule has 12 heteroatoms. The molecule has 4 aromatic rings. The number of tetrazole rings is 1. The van der Waals surface area contributed by atoms with Gasteiger partial charge < -0.3 is 5.32 Å². The number of rotatable bonds is 5. The van der Waals surface area contributed by atoms with Crippen LogP contribution in [0, 0.1) is 11.6 Å². The predicted octanol–water partition coefficient (Wildman–Crippen LogP) is 4.20. The summed E-state index contributed by atoms with van der Waals surface area (Å²) in [7, 11) is -4.05. The number of amides is 1. The number of benzene rings is 3. The summed E-state index contributed by atoms with van der Waals surface area (Å²) in [4.78, 5) is 13.3. The molecule has 0 spiro atoms. The topological polar surface area (TPSA) is 118 Å². The Kier molecular flexibility index (Phi) is 5.91. The van der Waals surface area contributed by atoms with Crippen LogP contribution in [0.4, 0.5) is 14.5 Å². The van der Waals surface area contributed by atoms with Crippen molar-refractivity contribution in [2.45, 2.75) is 15.5 Å². The number of fused-ring (bicyclic) bond motifs is 1. The molecule has 1 aliphatic heterocycles. The summed E-state index contributed by atoms with van der Waals surface area (Å²) < 4.78 is 53.8. The van der Waals surface area contributed by atoms with Crippen molar-refractivity contribution < 1.29 is 22.0 Å². The third-order valence-corrected chi connectivity index (χ3v) is 7.93. The van der Waals surface area contributed by atoms with Gasteiger partial charge in [-0.15, -0.1) is 10.2 Å². The van der Waals surface area contributed by atoms with E-state index in [1.807, 2.05) is 0 Å². The maximum absolute atomic E-state index is 14.0. The number of anilines is 1. The number of carbonyl (C=O) groups is 1. The minimum absolute atomic E-state index is 0.105. The molecule has 1 amide bonds. The number of halogens is 2. The molecule has 0 radical (unpaired) electrons. The molecule has 3 aromatic carbocycles. The van der Waals surface area contributed by atoms with Gasteiger partial charge in [0.1, 0.15) is 11.6 Å². The Bertz CT molecular complexity index is 1550. The molecule has 1 aromatic heterocycles. The van der Waals surface area contributed by atoms with Gasteiger partial charge in [-0.1, -0.05) is 42.1 Å². The second kappa shape index (κ2) is 9.04. The normalized spacial score (nSPS) is 14.6. The van der Waals surface area contributed by atoms with Crippen LogP contribution in [-0.4, -0.2) is 34.9 Å². The molecule has 1 aliphatic rings. The number of sulfone groups is 1. The Hall–Kier alpha value is -3.90. The minimum Gasteiger partial charge on any atom is -0.320 e. The summed E-state index contributed by atoms with van der Waals surface area (Å²) >= 11 is 1.10. The van der Waals surface area contributed by atoms with Crippen molar-refractivity contribution in [1.82, 2.24) is 20.6 Å². The van der Waals surface area contributed by atoms with Crippen molar-refractivity contribution in [3.63, 3.8) is 0 Å². The van der Waals surface area contributed by atoms with Crippen LogP contribution in [-0.2, 0) is 20.4 Å². The fourth-order valence-electron chi connectivity index (χ4n) is 3.44. The molecule has 8 nitrogen and oxygen atoms in total. The Morgan fingerprint density at radius 1 is 1.00 bits per heavy atom. The smallest absolute Gasteiger partial charge is 0.262 e. The van der Waals surface area contributed by atoms with Crippen LogP contribution < -0.4 is 5.32 Å². The number of aromatic nitrogens is 4. The van der Waals surface area contributed by atoms with E-state index in [0.29, 0.717) is 21.3 Å². The molecule has 2 N–H and O–H groups in total. The van der Waals surface area contributed by atoms with E-state index in [9.17, 15) is 22.0 Å². The van der Waals surface area contributed by atoms with Gasteiger partial charge in [0, 0.05) is 16.0 Å². The number of thioether (sulfide) groups is 1. The first-order valence-electron chi connectivity index (χ1n) is 10.1. The van der Waals surface area contributed by atoms with Crippen LogP contribution in [0.3, 0.4) is 0 Å². The van der Waals surface area contributed by atoms with Crippen molar-refractivity contribution in [3.8, 4) is 11.4 Å². The Balaban J connectivity index is 1.41. The average Bonchev–Trinajstić information content (AvgIpc) is 3.37. The van der Waals surface area contributed by atoms with Crippen LogP contribution >= 0.6 is 11.8 Å². The van der Waals surface area contributed by atoms with E-state index in [1.165, 1.54) is 24.3 Å². The van der Waals surface area contributed by atoms with Gasteiger partial charge in [-0.2, -0.15) is 5.21 Å². The molecule has 0 aliphatic carbocycles. The molecule has 35 heavy (non-hydrogen) atoms. The van der Waals surface area contributed by atoms with Gasteiger partial charge in [0.25, 0.3) is 5.91 Å². The predicted molar refractivity (Wildman–Crippen MR) is 126 cm³/mol. The lowest BCUT2D eigenvalue weighted by molar-refractivity contribution is -0.112. The van der Waals surface area contributed by atoms with E-state index >= 15 is 0 Å². The molecular weight excluding hydrogens is 496 g/mol. The standard InChI is InChI=1S/C23H15F2N5O3S2/c24-17-2-1-3-18(25)16(17)12-35(32,33)15-8-9-19-20(11-15)34-21(23(31)26-19)10-13-4-6-14(7-5-13)22-27-29-30-28-22/h1-11H,12H2,(H,26,31)(H,27,28,29,30)/b21-10-. The number of nitrogens with one attached hydrogen (secondary N) is 2. The second-order valence-corrected chi connectivity index (χ2v) is 10.6. The molecule has 5 rings (SSSR count). The molecule has 0 saturated heterocycles. The largest absolute Gasteiger partial charge is 0.320 e. The lowest BCUT2D eigenvalue weighted by Crippen LogP contribution is -2.18. The number of carbonyl (C=O) groups excluding carboxylic acids is 1. The number of aromatic amines is 1. The van der Waals surface area contributed by atoms with Crippen molar-refractivity contribution in [2.24, 2.45) is 0 Å². The summed E-state index contributed by atoms with van der Waals surface area (Å²) in [6.45, 7) is 0. The van der Waals surface area contributed by atoms with E-state index in [1.54, 1.807) is 30.3 Å². The third-order valence-electron chi connectivity index (χ3n) is 5.21. The van der Waals surface area contributed by atoms with Crippen molar-refractivity contribution in [1.29, 1.82) is 0 Å². The molecule has 0 bridgehead atoms. The van der Waals surface area contributed by atoms with E-state index in [-0.39, 0.29) is 10.8 Å². The van der Waals surface area contributed by atoms with Gasteiger partial charge >= 0.3 is 0 Å². The summed E-state index contributed by atoms with van der Waals surface area (Å²) in [5, 5.41) is 16.5. The molecule has 0 unspecified atom stereocenters. The van der Waals surface area contributed by atoms with Gasteiger partial charge in [0.2, 0.25) is 5.82 Å². The van der Waals surface area contributed by atoms with Gasteiger partial charge in [-0.05, 0) is 47.2 Å². The zero-order valence-corrected chi connectivity index (χ0v) is 19.3. The highest BCUT2D eigenvalue weighted by atomic mass is 32.2. The lowest BCUT2D eigenvalue weighted by atomic mass is 10.1. The fourth-order valence-corrected chi connectivity index (χ4v) is 5.90. The van der Waals surface area contributed by atoms with Crippen LogP contribution in [0.1, 0.15) is 11.1 Å². The molecule has 2 heterocycles. The fraction of sp³-hybridized carbons (Fsp3) is 0.0435. The van der Waals surface area contributed by atoms with Crippen LogP contribution in [0.2, 0.25) is 0 Å². The quantitative estimate of drug-likeness (QED) is 0.386. The zero-order chi connectivity index (χ0) is 24.6. The number of nitrogens with zero attached hydrogens (tertiary/aromatic N) is 3. The van der Waals surface area contributed by atoms with Gasteiger partial charge in [-0.3, -0.25) is 4.79 Å². The lowest BCUT2D eigenvalue weighted by Gasteiger charge is -2.19. The number of hydrogen-bond acceptors (Lipinski definition) is 7. The van der Waals surface area contributed by atoms with Crippen molar-refractivity contribution >= 4 is 39.3 Å². The first-order chi connectivity index (χ1) is 16.8. The number of hydrogen-bond donors (Lipinski definition) is 2. The number of H-pyrrole nitrogens is 1. The SMILES string of the molecule is O=C1Nc2ccc(S(=O)(=O)Cc3c(F)cccc3F)cc2S/C1=C\c1ccc(-c2nn[nH]n2)cc1. The Morgan fingerprint density at radius 3 is 2.43 bits per heavy atom. The van der Waals surface area contributed by atoms with E-state index in [2.05, 4.69) is 25.9 Å². The zero-order valence-electron chi connectivity index (χ0n) is 17.7. The van der Waals surface area contributed by atoms with E-state index < -0.39 is 32.8 Å². The first-order valence-corrected chi connectivity index (χ1v) is 12.6. The first kappa shape index (κ1) is 22.9. The maximum atomic E-state index is 14.0. The highest BCUT2D eigenvalue weighted by Gasteiger charge is 2.25. The van der Waals surface area contributed by atoms with Crippen LogP contribution in [0.25, 0.3) is 17.5 Å². The Labute approximate surface area is 202 Å². The average molecular weight is 512 g/mol. The van der Waals surface area contributed by atoms with E-state index in [4.69, 9.17) is 0 Å². The van der Waals surface area contributed by atoms with Gasteiger partial charge in [0.05, 0.1) is 21.2 Å². The second-order valence-electron chi connectivity index (χ2n) is 7.54. The van der Waals surface area contributed by atoms with Crippen LogP contribution in [0.15, 0.2) is 75.4 Å². The summed E-state index contributed by atoms with van der Waals surface area (Å²) in [6.07, 6.45) is 1.67. The third kappa shape index (κ3) is 4.70. The van der Waals surface area contributed by atoms with Crippen molar-refractivity contribution in [2.75, 3.05) is 5.32 Å².